The van der Waals surface area contributed by atoms with E-state index in [4.69, 9.17) is 16.3 Å². The molecule has 0 spiro atoms. The fraction of sp³-hybridized carbons (Fsp3) is 0.529. The molecule has 1 aromatic rings. The van der Waals surface area contributed by atoms with Crippen molar-refractivity contribution in [2.75, 3.05) is 18.5 Å². The van der Waals surface area contributed by atoms with E-state index in [2.05, 4.69) is 10.6 Å². The van der Waals surface area contributed by atoms with E-state index in [1.54, 1.807) is 32.0 Å². The number of hydrogen-bond donors (Lipinski definition) is 2. The third-order valence-electron chi connectivity index (χ3n) is 4.09. The summed E-state index contributed by atoms with van der Waals surface area (Å²) >= 11 is 5.91. The van der Waals surface area contributed by atoms with E-state index < -0.39 is 5.41 Å². The van der Waals surface area contributed by atoms with Crippen molar-refractivity contribution in [3.05, 3.63) is 28.8 Å². The molecule has 1 aromatic carbocycles. The Kier molecular flexibility index (Phi) is 5.65. The van der Waals surface area contributed by atoms with Crippen LogP contribution in [0.4, 0.5) is 5.69 Å². The highest BCUT2D eigenvalue weighted by atomic mass is 35.5. The van der Waals surface area contributed by atoms with Gasteiger partial charge in [0, 0.05) is 23.9 Å². The molecule has 1 unspecified atom stereocenters. The fourth-order valence-corrected chi connectivity index (χ4v) is 2.61. The number of hydrogen-bond acceptors (Lipinski definition) is 3. The number of carbonyl (C=O) groups is 2. The zero-order valence-electron chi connectivity index (χ0n) is 13.7. The minimum absolute atomic E-state index is 0.0521. The maximum absolute atomic E-state index is 12.5. The van der Waals surface area contributed by atoms with Crippen molar-refractivity contribution in [2.45, 2.75) is 39.7 Å². The molecule has 0 aromatic heterocycles. The van der Waals surface area contributed by atoms with Crippen LogP contribution in [0.15, 0.2) is 18.2 Å². The molecule has 1 saturated heterocycles. The third-order valence-corrected chi connectivity index (χ3v) is 4.32. The average molecular weight is 339 g/mol. The summed E-state index contributed by atoms with van der Waals surface area (Å²) in [5.41, 5.74) is 0.325. The summed E-state index contributed by atoms with van der Waals surface area (Å²) in [4.78, 5) is 24.8. The standard InChI is InChI=1S/C17H23ClN2O3/c1-11-9-12(18)6-7-14(11)20-16(22)17(2,3)15(21)19-10-13-5-4-8-23-13/h6-7,9,13H,4-5,8,10H2,1-3H3,(H,19,21)(H,20,22). The third kappa shape index (κ3) is 4.45. The zero-order chi connectivity index (χ0) is 17.0. The van der Waals surface area contributed by atoms with E-state index in [1.807, 2.05) is 6.92 Å². The van der Waals surface area contributed by atoms with Crippen molar-refractivity contribution in [1.82, 2.24) is 5.32 Å². The first-order chi connectivity index (χ1) is 10.8. The van der Waals surface area contributed by atoms with Gasteiger partial charge >= 0.3 is 0 Å². The molecule has 5 nitrogen and oxygen atoms in total. The first kappa shape index (κ1) is 17.8. The molecule has 1 aliphatic heterocycles. The van der Waals surface area contributed by atoms with Crippen LogP contribution in [-0.4, -0.2) is 31.1 Å². The van der Waals surface area contributed by atoms with Gasteiger partial charge in [0.05, 0.1) is 6.10 Å². The lowest BCUT2D eigenvalue weighted by atomic mass is 9.90. The molecule has 23 heavy (non-hydrogen) atoms. The van der Waals surface area contributed by atoms with E-state index in [0.717, 1.165) is 25.0 Å². The molecule has 2 N–H and O–H groups in total. The monoisotopic (exact) mass is 338 g/mol. The van der Waals surface area contributed by atoms with Crippen molar-refractivity contribution < 1.29 is 14.3 Å². The van der Waals surface area contributed by atoms with E-state index in [0.29, 0.717) is 17.3 Å². The number of carbonyl (C=O) groups excluding carboxylic acids is 2. The van der Waals surface area contributed by atoms with E-state index in [-0.39, 0.29) is 17.9 Å². The Morgan fingerprint density at radius 1 is 1.35 bits per heavy atom. The van der Waals surface area contributed by atoms with Crippen LogP contribution in [0.3, 0.4) is 0 Å². The molecule has 1 heterocycles. The van der Waals surface area contributed by atoms with Gasteiger partial charge in [-0.3, -0.25) is 9.59 Å². The van der Waals surface area contributed by atoms with E-state index in [9.17, 15) is 9.59 Å². The Labute approximate surface area is 141 Å². The smallest absolute Gasteiger partial charge is 0.239 e. The van der Waals surface area contributed by atoms with Crippen molar-refractivity contribution in [3.8, 4) is 0 Å². The van der Waals surface area contributed by atoms with Gasteiger partial charge in [-0.25, -0.2) is 0 Å². The normalized spacial score (nSPS) is 17.8. The van der Waals surface area contributed by atoms with Crippen molar-refractivity contribution in [2.24, 2.45) is 5.41 Å². The number of ether oxygens (including phenoxy) is 1. The number of aryl methyl sites for hydroxylation is 1. The summed E-state index contributed by atoms with van der Waals surface area (Å²) in [6.07, 6.45) is 2.01. The second kappa shape index (κ2) is 7.32. The van der Waals surface area contributed by atoms with Crippen LogP contribution in [0, 0.1) is 12.3 Å². The molecular formula is C17H23ClN2O3. The molecule has 1 fully saturated rings. The van der Waals surface area contributed by atoms with Crippen LogP contribution in [-0.2, 0) is 14.3 Å². The maximum atomic E-state index is 12.5. The highest BCUT2D eigenvalue weighted by molar-refractivity contribution is 6.30. The molecule has 0 bridgehead atoms. The largest absolute Gasteiger partial charge is 0.376 e. The molecule has 1 atom stereocenters. The van der Waals surface area contributed by atoms with Gasteiger partial charge in [0.1, 0.15) is 5.41 Å². The van der Waals surface area contributed by atoms with Crippen LogP contribution < -0.4 is 10.6 Å². The van der Waals surface area contributed by atoms with Crippen LogP contribution in [0.5, 0.6) is 0 Å². The lowest BCUT2D eigenvalue weighted by Crippen LogP contribution is -2.47. The zero-order valence-corrected chi connectivity index (χ0v) is 14.5. The van der Waals surface area contributed by atoms with Gasteiger partial charge in [0.25, 0.3) is 0 Å². The molecule has 0 radical (unpaired) electrons. The Balaban J connectivity index is 1.96. The molecule has 0 saturated carbocycles. The summed E-state index contributed by atoms with van der Waals surface area (Å²) < 4.78 is 5.47. The summed E-state index contributed by atoms with van der Waals surface area (Å²) in [5.74, 6) is -0.662. The fourth-order valence-electron chi connectivity index (χ4n) is 2.38. The maximum Gasteiger partial charge on any atom is 0.239 e. The Morgan fingerprint density at radius 2 is 2.09 bits per heavy atom. The molecule has 2 rings (SSSR count). The van der Waals surface area contributed by atoms with Crippen LogP contribution >= 0.6 is 11.6 Å². The molecule has 0 aliphatic carbocycles. The Bertz CT molecular complexity index is 596. The summed E-state index contributed by atoms with van der Waals surface area (Å²) in [6.45, 7) is 6.25. The number of nitrogens with one attached hydrogen (secondary N) is 2. The average Bonchev–Trinajstić information content (AvgIpc) is 3.00. The topological polar surface area (TPSA) is 67.4 Å². The predicted molar refractivity (Wildman–Crippen MR) is 90.6 cm³/mol. The number of halogens is 1. The first-order valence-corrected chi connectivity index (χ1v) is 8.16. The van der Waals surface area contributed by atoms with Gasteiger partial charge in [-0.05, 0) is 57.4 Å². The minimum atomic E-state index is -1.18. The highest BCUT2D eigenvalue weighted by Gasteiger charge is 2.36. The van der Waals surface area contributed by atoms with Crippen molar-refractivity contribution in [1.29, 1.82) is 0 Å². The van der Waals surface area contributed by atoms with E-state index in [1.165, 1.54) is 0 Å². The van der Waals surface area contributed by atoms with Gasteiger partial charge in [0.15, 0.2) is 0 Å². The SMILES string of the molecule is Cc1cc(Cl)ccc1NC(=O)C(C)(C)C(=O)NCC1CCCO1. The Morgan fingerprint density at radius 3 is 2.70 bits per heavy atom. The number of anilines is 1. The van der Waals surface area contributed by atoms with Crippen LogP contribution in [0.25, 0.3) is 0 Å². The van der Waals surface area contributed by atoms with Crippen LogP contribution in [0.1, 0.15) is 32.3 Å². The number of rotatable bonds is 5. The minimum Gasteiger partial charge on any atom is -0.376 e. The summed E-state index contributed by atoms with van der Waals surface area (Å²) in [5, 5.41) is 6.21. The molecule has 2 amide bonds. The van der Waals surface area contributed by atoms with Gasteiger partial charge in [-0.2, -0.15) is 0 Å². The van der Waals surface area contributed by atoms with Crippen molar-refractivity contribution in [3.63, 3.8) is 0 Å². The van der Waals surface area contributed by atoms with Gasteiger partial charge in [-0.15, -0.1) is 0 Å². The molecular weight excluding hydrogens is 316 g/mol. The number of amides is 2. The van der Waals surface area contributed by atoms with Gasteiger partial charge in [0.2, 0.25) is 11.8 Å². The summed E-state index contributed by atoms with van der Waals surface area (Å²) in [7, 11) is 0. The quantitative estimate of drug-likeness (QED) is 0.811. The lowest BCUT2D eigenvalue weighted by Gasteiger charge is -2.24. The molecule has 6 heteroatoms. The van der Waals surface area contributed by atoms with Crippen LogP contribution in [0.2, 0.25) is 5.02 Å². The lowest BCUT2D eigenvalue weighted by molar-refractivity contribution is -0.138. The van der Waals surface area contributed by atoms with Gasteiger partial charge < -0.3 is 15.4 Å². The van der Waals surface area contributed by atoms with Crippen molar-refractivity contribution >= 4 is 29.1 Å². The number of benzene rings is 1. The second-order valence-electron chi connectivity index (χ2n) is 6.38. The summed E-state index contributed by atoms with van der Waals surface area (Å²) in [6, 6.07) is 5.20. The Hall–Kier alpha value is -1.59. The first-order valence-electron chi connectivity index (χ1n) is 7.78. The molecule has 1 aliphatic rings. The predicted octanol–water partition coefficient (Wildman–Crippen LogP) is 2.91. The molecule has 126 valence electrons. The van der Waals surface area contributed by atoms with Gasteiger partial charge in [-0.1, -0.05) is 11.6 Å². The van der Waals surface area contributed by atoms with E-state index >= 15 is 0 Å². The second-order valence-corrected chi connectivity index (χ2v) is 6.82. The highest BCUT2D eigenvalue weighted by Crippen LogP contribution is 2.23.